The van der Waals surface area contributed by atoms with E-state index in [1.54, 1.807) is 19.2 Å². The standard InChI is InChI=1S/C18H16Cl2F3N3O3/c1-26(10-17(28)25-12-4-7-14(19)15(20)8-12)9-16(27)24-11-2-5-13(6-3-11)29-18(21,22)23/h2-8H,9-10H2,1H3,(H,24,27)(H,25,28). The van der Waals surface area contributed by atoms with E-state index in [0.29, 0.717) is 15.7 Å². The first-order valence-electron chi connectivity index (χ1n) is 8.11. The molecule has 0 saturated carbocycles. The molecule has 2 amide bonds. The van der Waals surface area contributed by atoms with Gasteiger partial charge in [0.15, 0.2) is 0 Å². The molecule has 11 heteroatoms. The van der Waals surface area contributed by atoms with Gasteiger partial charge in [0.1, 0.15) is 5.75 Å². The smallest absolute Gasteiger partial charge is 0.406 e. The summed E-state index contributed by atoms with van der Waals surface area (Å²) in [4.78, 5) is 25.5. The summed E-state index contributed by atoms with van der Waals surface area (Å²) < 4.78 is 40.1. The Morgan fingerprint density at radius 2 is 1.45 bits per heavy atom. The maximum Gasteiger partial charge on any atom is 0.573 e. The summed E-state index contributed by atoms with van der Waals surface area (Å²) in [6.45, 7) is -0.193. The zero-order valence-electron chi connectivity index (χ0n) is 15.0. The minimum Gasteiger partial charge on any atom is -0.406 e. The fourth-order valence-electron chi connectivity index (χ4n) is 2.26. The van der Waals surface area contributed by atoms with Crippen LogP contribution in [-0.4, -0.2) is 43.2 Å². The summed E-state index contributed by atoms with van der Waals surface area (Å²) in [5.41, 5.74) is 0.751. The Bertz CT molecular complexity index is 877. The molecule has 6 nitrogen and oxygen atoms in total. The first-order chi connectivity index (χ1) is 13.5. The number of carbonyl (C=O) groups is 2. The molecule has 0 fully saturated rings. The second-order valence-corrected chi connectivity index (χ2v) is 6.78. The van der Waals surface area contributed by atoms with Gasteiger partial charge >= 0.3 is 6.36 Å². The quantitative estimate of drug-likeness (QED) is 0.656. The Morgan fingerprint density at radius 3 is 1.97 bits per heavy atom. The zero-order chi connectivity index (χ0) is 21.6. The average Bonchev–Trinajstić information content (AvgIpc) is 2.58. The normalized spacial score (nSPS) is 11.3. The molecule has 29 heavy (non-hydrogen) atoms. The van der Waals surface area contributed by atoms with Gasteiger partial charge in [0.2, 0.25) is 11.8 Å². The number of ether oxygens (including phenoxy) is 1. The average molecular weight is 450 g/mol. The molecule has 0 heterocycles. The van der Waals surface area contributed by atoms with E-state index in [4.69, 9.17) is 23.2 Å². The molecule has 2 aromatic carbocycles. The van der Waals surface area contributed by atoms with Crippen LogP contribution in [0.25, 0.3) is 0 Å². The van der Waals surface area contributed by atoms with Crippen LogP contribution in [0, 0.1) is 0 Å². The van der Waals surface area contributed by atoms with Crippen LogP contribution in [0.15, 0.2) is 42.5 Å². The summed E-state index contributed by atoms with van der Waals surface area (Å²) >= 11 is 11.7. The van der Waals surface area contributed by atoms with Gasteiger partial charge in [0, 0.05) is 11.4 Å². The van der Waals surface area contributed by atoms with E-state index in [-0.39, 0.29) is 24.7 Å². The molecule has 2 aromatic rings. The van der Waals surface area contributed by atoms with Crippen molar-refractivity contribution in [2.24, 2.45) is 0 Å². The van der Waals surface area contributed by atoms with E-state index in [1.165, 1.54) is 23.1 Å². The van der Waals surface area contributed by atoms with Crippen LogP contribution in [0.2, 0.25) is 10.0 Å². The summed E-state index contributed by atoms with van der Waals surface area (Å²) in [5.74, 6) is -1.21. The van der Waals surface area contributed by atoms with Crippen LogP contribution in [0.5, 0.6) is 5.75 Å². The van der Waals surface area contributed by atoms with Crippen molar-refractivity contribution in [1.29, 1.82) is 0 Å². The maximum atomic E-state index is 12.1. The predicted octanol–water partition coefficient (Wildman–Crippen LogP) is 4.40. The monoisotopic (exact) mass is 449 g/mol. The molecule has 2 N–H and O–H groups in total. The van der Waals surface area contributed by atoms with Crippen molar-refractivity contribution in [3.8, 4) is 5.75 Å². The molecule has 0 saturated heterocycles. The number of benzene rings is 2. The number of hydrogen-bond donors (Lipinski definition) is 2. The van der Waals surface area contributed by atoms with E-state index >= 15 is 0 Å². The third-order valence-electron chi connectivity index (χ3n) is 3.40. The van der Waals surface area contributed by atoms with E-state index in [1.807, 2.05) is 0 Å². The molecule has 0 aliphatic carbocycles. The minimum absolute atomic E-state index is 0.0774. The Labute approximate surface area is 174 Å². The predicted molar refractivity (Wildman–Crippen MR) is 104 cm³/mol. The lowest BCUT2D eigenvalue weighted by molar-refractivity contribution is -0.274. The molecule has 0 atom stereocenters. The molecule has 0 aromatic heterocycles. The van der Waals surface area contributed by atoms with Gasteiger partial charge in [0.25, 0.3) is 0 Å². The molecule has 0 bridgehead atoms. The van der Waals surface area contributed by atoms with Gasteiger partial charge in [-0.1, -0.05) is 23.2 Å². The van der Waals surface area contributed by atoms with Gasteiger partial charge < -0.3 is 15.4 Å². The molecular formula is C18H16Cl2F3N3O3. The molecule has 0 unspecified atom stereocenters. The van der Waals surface area contributed by atoms with Gasteiger partial charge in [-0.15, -0.1) is 13.2 Å². The van der Waals surface area contributed by atoms with Crippen LogP contribution < -0.4 is 15.4 Å². The SMILES string of the molecule is CN(CC(=O)Nc1ccc(OC(F)(F)F)cc1)CC(=O)Nc1ccc(Cl)c(Cl)c1. The van der Waals surface area contributed by atoms with Crippen molar-refractivity contribution in [3.05, 3.63) is 52.5 Å². The number of rotatable bonds is 7. The van der Waals surface area contributed by atoms with Gasteiger partial charge in [-0.25, -0.2) is 0 Å². The van der Waals surface area contributed by atoms with Gasteiger partial charge in [-0.05, 0) is 49.5 Å². The molecule has 156 valence electrons. The van der Waals surface area contributed by atoms with Crippen molar-refractivity contribution < 1.29 is 27.5 Å². The number of likely N-dealkylation sites (N-methyl/N-ethyl adjacent to an activating group) is 1. The molecule has 0 radical (unpaired) electrons. The highest BCUT2D eigenvalue weighted by molar-refractivity contribution is 6.42. The third-order valence-corrected chi connectivity index (χ3v) is 4.14. The number of carbonyl (C=O) groups excluding carboxylic acids is 2. The lowest BCUT2D eigenvalue weighted by atomic mass is 10.3. The van der Waals surface area contributed by atoms with E-state index < -0.39 is 18.0 Å². The van der Waals surface area contributed by atoms with Crippen LogP contribution in [0.1, 0.15) is 0 Å². The second-order valence-electron chi connectivity index (χ2n) is 5.97. The highest BCUT2D eigenvalue weighted by atomic mass is 35.5. The van der Waals surface area contributed by atoms with Gasteiger partial charge in [-0.2, -0.15) is 0 Å². The van der Waals surface area contributed by atoms with Crippen molar-refractivity contribution in [2.45, 2.75) is 6.36 Å². The van der Waals surface area contributed by atoms with E-state index in [0.717, 1.165) is 12.1 Å². The van der Waals surface area contributed by atoms with E-state index in [2.05, 4.69) is 15.4 Å². The van der Waals surface area contributed by atoms with Crippen LogP contribution in [0.3, 0.4) is 0 Å². The van der Waals surface area contributed by atoms with Crippen LogP contribution in [-0.2, 0) is 9.59 Å². The molecule has 2 rings (SSSR count). The fourth-order valence-corrected chi connectivity index (χ4v) is 2.56. The lowest BCUT2D eigenvalue weighted by Crippen LogP contribution is -2.36. The van der Waals surface area contributed by atoms with Crippen LogP contribution >= 0.6 is 23.2 Å². The Balaban J connectivity index is 1.80. The molecule has 0 spiro atoms. The summed E-state index contributed by atoms with van der Waals surface area (Å²) in [5, 5.41) is 5.80. The first kappa shape index (κ1) is 22.8. The Kier molecular flexibility index (Phi) is 7.72. The van der Waals surface area contributed by atoms with Gasteiger partial charge in [0.05, 0.1) is 23.1 Å². The third kappa shape index (κ3) is 8.18. The fraction of sp³-hybridized carbons (Fsp3) is 0.222. The Hall–Kier alpha value is -2.49. The topological polar surface area (TPSA) is 70.7 Å². The number of alkyl halides is 3. The highest BCUT2D eigenvalue weighted by Gasteiger charge is 2.30. The first-order valence-corrected chi connectivity index (χ1v) is 8.86. The number of nitrogens with zero attached hydrogens (tertiary/aromatic N) is 1. The summed E-state index contributed by atoms with van der Waals surface area (Å²) in [7, 11) is 1.56. The number of halogens is 5. The highest BCUT2D eigenvalue weighted by Crippen LogP contribution is 2.25. The largest absolute Gasteiger partial charge is 0.573 e. The minimum atomic E-state index is -4.79. The second kappa shape index (κ2) is 9.82. The number of anilines is 2. The molecular weight excluding hydrogens is 434 g/mol. The van der Waals surface area contributed by atoms with Crippen molar-refractivity contribution in [3.63, 3.8) is 0 Å². The molecule has 0 aliphatic rings. The number of hydrogen-bond acceptors (Lipinski definition) is 4. The number of nitrogens with one attached hydrogen (secondary N) is 2. The summed E-state index contributed by atoms with van der Waals surface area (Å²) in [6.07, 6.45) is -4.79. The van der Waals surface area contributed by atoms with Gasteiger partial charge in [-0.3, -0.25) is 14.5 Å². The molecule has 0 aliphatic heterocycles. The van der Waals surface area contributed by atoms with Crippen molar-refractivity contribution in [1.82, 2.24) is 4.90 Å². The zero-order valence-corrected chi connectivity index (χ0v) is 16.5. The van der Waals surface area contributed by atoms with Crippen molar-refractivity contribution in [2.75, 3.05) is 30.8 Å². The van der Waals surface area contributed by atoms with E-state index in [9.17, 15) is 22.8 Å². The van der Waals surface area contributed by atoms with Crippen LogP contribution in [0.4, 0.5) is 24.5 Å². The lowest BCUT2D eigenvalue weighted by Gasteiger charge is -2.16. The maximum absolute atomic E-state index is 12.1. The van der Waals surface area contributed by atoms with Crippen molar-refractivity contribution >= 4 is 46.4 Å². The summed E-state index contributed by atoms with van der Waals surface area (Å²) in [6, 6.07) is 9.34. The number of amides is 2. The Morgan fingerprint density at radius 1 is 0.931 bits per heavy atom.